The summed E-state index contributed by atoms with van der Waals surface area (Å²) < 4.78 is 50.9. The molecule has 1 N–H and O–H groups in total. The van der Waals surface area contributed by atoms with Crippen molar-refractivity contribution < 1.29 is 31.9 Å². The highest BCUT2D eigenvalue weighted by atomic mass is 32.2. The fraction of sp³-hybridized carbons (Fsp3) is 0.417. The normalized spacial score (nSPS) is 15.3. The van der Waals surface area contributed by atoms with Gasteiger partial charge in [-0.25, -0.2) is 12.8 Å². The minimum absolute atomic E-state index is 0.0947. The number of amides is 2. The predicted molar refractivity (Wildman–Crippen MR) is 127 cm³/mol. The van der Waals surface area contributed by atoms with E-state index in [1.165, 1.54) is 45.6 Å². The summed E-state index contributed by atoms with van der Waals surface area (Å²) in [4.78, 5) is 26.9. The van der Waals surface area contributed by atoms with Crippen molar-refractivity contribution in [3.05, 3.63) is 59.9 Å². The van der Waals surface area contributed by atoms with Crippen molar-refractivity contribution in [2.45, 2.75) is 31.3 Å². The lowest BCUT2D eigenvalue weighted by Gasteiger charge is -2.28. The Balaban J connectivity index is 1.67. The van der Waals surface area contributed by atoms with E-state index in [0.29, 0.717) is 44.2 Å². The van der Waals surface area contributed by atoms with E-state index < -0.39 is 27.8 Å². The third-order valence-electron chi connectivity index (χ3n) is 5.58. The molecule has 0 bridgehead atoms. The van der Waals surface area contributed by atoms with Gasteiger partial charge in [0.05, 0.1) is 18.1 Å². The number of carbonyl (C=O) groups is 2. The van der Waals surface area contributed by atoms with Crippen LogP contribution < -0.4 is 10.1 Å². The highest BCUT2D eigenvalue weighted by Gasteiger charge is 2.27. The summed E-state index contributed by atoms with van der Waals surface area (Å²) in [5, 5.41) is 2.69. The van der Waals surface area contributed by atoms with Crippen LogP contribution in [0.5, 0.6) is 5.75 Å². The highest BCUT2D eigenvalue weighted by molar-refractivity contribution is 7.89. The molecule has 9 nitrogen and oxygen atoms in total. The summed E-state index contributed by atoms with van der Waals surface area (Å²) in [5.74, 6) is -0.851. The number of morpholine rings is 1. The maximum atomic E-state index is 13.3. The summed E-state index contributed by atoms with van der Waals surface area (Å²) in [6.45, 7) is 4.83. The van der Waals surface area contributed by atoms with E-state index in [9.17, 15) is 22.4 Å². The molecule has 0 spiro atoms. The Morgan fingerprint density at radius 2 is 1.74 bits per heavy atom. The number of likely N-dealkylation sites (N-methyl/N-ethyl adjacent to an activating group) is 1. The zero-order valence-corrected chi connectivity index (χ0v) is 20.6. The molecule has 2 aromatic carbocycles. The molecular weight excluding hydrogens is 477 g/mol. The average molecular weight is 508 g/mol. The number of hydrogen-bond acceptors (Lipinski definition) is 6. The molecule has 1 heterocycles. The van der Waals surface area contributed by atoms with Gasteiger partial charge < -0.3 is 19.7 Å². The van der Waals surface area contributed by atoms with Crippen molar-refractivity contribution in [3.8, 4) is 5.75 Å². The smallest absolute Gasteiger partial charge is 0.261 e. The Kier molecular flexibility index (Phi) is 9.19. The Bertz CT molecular complexity index is 1100. The van der Waals surface area contributed by atoms with Gasteiger partial charge in [0, 0.05) is 26.2 Å². The van der Waals surface area contributed by atoms with E-state index in [0.717, 1.165) is 0 Å². The summed E-state index contributed by atoms with van der Waals surface area (Å²) in [6, 6.07) is 10.7. The van der Waals surface area contributed by atoms with Crippen LogP contribution in [0.4, 0.5) is 4.39 Å². The summed E-state index contributed by atoms with van der Waals surface area (Å²) in [7, 11) is -3.64. The Morgan fingerprint density at radius 3 is 2.34 bits per heavy atom. The predicted octanol–water partition coefficient (Wildman–Crippen LogP) is 1.78. The average Bonchev–Trinajstić information content (AvgIpc) is 2.87. The number of nitrogens with zero attached hydrogens (tertiary/aromatic N) is 2. The van der Waals surface area contributed by atoms with Gasteiger partial charge in [0.2, 0.25) is 15.9 Å². The van der Waals surface area contributed by atoms with E-state index in [-0.39, 0.29) is 24.0 Å². The quantitative estimate of drug-likeness (QED) is 0.526. The second kappa shape index (κ2) is 12.1. The molecule has 1 atom stereocenters. The van der Waals surface area contributed by atoms with Crippen molar-refractivity contribution in [1.82, 2.24) is 14.5 Å². The van der Waals surface area contributed by atoms with E-state index in [1.807, 2.05) is 0 Å². The molecular formula is C24H30FN3O6S. The second-order valence-corrected chi connectivity index (χ2v) is 9.93. The van der Waals surface area contributed by atoms with Crippen LogP contribution in [-0.2, 0) is 30.9 Å². The van der Waals surface area contributed by atoms with Gasteiger partial charge in [0.1, 0.15) is 17.6 Å². The molecule has 11 heteroatoms. The highest BCUT2D eigenvalue weighted by Crippen LogP contribution is 2.21. The molecule has 0 radical (unpaired) electrons. The number of nitrogens with one attached hydrogen (secondary N) is 1. The van der Waals surface area contributed by atoms with Gasteiger partial charge in [0.15, 0.2) is 6.61 Å². The fourth-order valence-corrected chi connectivity index (χ4v) is 4.97. The first-order chi connectivity index (χ1) is 16.7. The first-order valence-corrected chi connectivity index (χ1v) is 12.8. The van der Waals surface area contributed by atoms with Gasteiger partial charge in [-0.05, 0) is 55.8 Å². The van der Waals surface area contributed by atoms with E-state index in [2.05, 4.69) is 5.32 Å². The molecule has 1 aliphatic heterocycles. The maximum absolute atomic E-state index is 13.3. The molecule has 35 heavy (non-hydrogen) atoms. The first kappa shape index (κ1) is 26.6. The number of benzene rings is 2. The molecule has 1 saturated heterocycles. The molecule has 190 valence electrons. The molecule has 3 rings (SSSR count). The van der Waals surface area contributed by atoms with Crippen LogP contribution in [0.15, 0.2) is 53.4 Å². The SMILES string of the molecule is CCNC(=O)[C@H](C)N(Cc1ccc(F)cc1)C(=O)COc1ccc(S(=O)(=O)N2CCOCC2)cc1. The Labute approximate surface area is 204 Å². The van der Waals surface area contributed by atoms with Crippen LogP contribution in [0.2, 0.25) is 0 Å². The third kappa shape index (κ3) is 7.00. The van der Waals surface area contributed by atoms with Gasteiger partial charge in [0.25, 0.3) is 5.91 Å². The van der Waals surface area contributed by atoms with Crippen molar-refractivity contribution in [1.29, 1.82) is 0 Å². The number of halogens is 1. The molecule has 2 aromatic rings. The molecule has 1 aliphatic rings. The molecule has 0 aliphatic carbocycles. The number of sulfonamides is 1. The van der Waals surface area contributed by atoms with E-state index in [1.54, 1.807) is 26.0 Å². The topological polar surface area (TPSA) is 105 Å². The number of rotatable bonds is 10. The van der Waals surface area contributed by atoms with Crippen molar-refractivity contribution >= 4 is 21.8 Å². The number of carbonyl (C=O) groups excluding carboxylic acids is 2. The van der Waals surface area contributed by atoms with Crippen molar-refractivity contribution in [3.63, 3.8) is 0 Å². The Morgan fingerprint density at radius 1 is 1.11 bits per heavy atom. The monoisotopic (exact) mass is 507 g/mol. The standard InChI is InChI=1S/C24H30FN3O6S/c1-3-26-24(30)18(2)28(16-19-4-6-20(25)7-5-19)23(29)17-34-21-8-10-22(11-9-21)35(31,32)27-12-14-33-15-13-27/h4-11,18H,3,12-17H2,1-2H3,(H,26,30)/t18-/m0/s1. The van der Waals surface area contributed by atoms with Crippen molar-refractivity contribution in [2.24, 2.45) is 0 Å². The largest absolute Gasteiger partial charge is 0.484 e. The van der Waals surface area contributed by atoms with Gasteiger partial charge >= 0.3 is 0 Å². The molecule has 0 aromatic heterocycles. The lowest BCUT2D eigenvalue weighted by Crippen LogP contribution is -2.49. The maximum Gasteiger partial charge on any atom is 0.261 e. The zero-order valence-electron chi connectivity index (χ0n) is 19.8. The molecule has 1 fully saturated rings. The lowest BCUT2D eigenvalue weighted by atomic mass is 10.1. The third-order valence-corrected chi connectivity index (χ3v) is 7.49. The van der Waals surface area contributed by atoms with Gasteiger partial charge in [-0.15, -0.1) is 0 Å². The first-order valence-electron chi connectivity index (χ1n) is 11.3. The minimum atomic E-state index is -3.64. The molecule has 2 amide bonds. The number of hydrogen-bond donors (Lipinski definition) is 1. The van der Waals surface area contributed by atoms with Gasteiger partial charge in [-0.1, -0.05) is 12.1 Å². The minimum Gasteiger partial charge on any atom is -0.484 e. The summed E-state index contributed by atoms with van der Waals surface area (Å²) in [5.41, 5.74) is 0.661. The van der Waals surface area contributed by atoms with Crippen LogP contribution >= 0.6 is 0 Å². The van der Waals surface area contributed by atoms with Gasteiger partial charge in [-0.3, -0.25) is 9.59 Å². The summed E-state index contributed by atoms with van der Waals surface area (Å²) >= 11 is 0. The molecule has 0 unspecified atom stereocenters. The van der Waals surface area contributed by atoms with Gasteiger partial charge in [-0.2, -0.15) is 4.31 Å². The Hall–Kier alpha value is -3.02. The van der Waals surface area contributed by atoms with Crippen LogP contribution in [0.3, 0.4) is 0 Å². The lowest BCUT2D eigenvalue weighted by molar-refractivity contribution is -0.142. The zero-order chi connectivity index (χ0) is 25.4. The molecule has 0 saturated carbocycles. The number of ether oxygens (including phenoxy) is 2. The van der Waals surface area contributed by atoms with Crippen LogP contribution in [0, 0.1) is 5.82 Å². The van der Waals surface area contributed by atoms with Crippen molar-refractivity contribution in [2.75, 3.05) is 39.5 Å². The fourth-order valence-electron chi connectivity index (χ4n) is 3.56. The second-order valence-electron chi connectivity index (χ2n) is 8.00. The van der Waals surface area contributed by atoms with Crippen LogP contribution in [0.1, 0.15) is 19.4 Å². The summed E-state index contributed by atoms with van der Waals surface area (Å²) in [6.07, 6.45) is 0. The van der Waals surface area contributed by atoms with Crippen LogP contribution in [-0.4, -0.2) is 74.9 Å². The van der Waals surface area contributed by atoms with E-state index >= 15 is 0 Å². The van der Waals surface area contributed by atoms with Crippen LogP contribution in [0.25, 0.3) is 0 Å². The van der Waals surface area contributed by atoms with E-state index in [4.69, 9.17) is 9.47 Å².